The molecule has 6 heteroatoms. The van der Waals surface area contributed by atoms with Crippen LogP contribution in [0.5, 0.6) is 0 Å². The van der Waals surface area contributed by atoms with Gasteiger partial charge in [0.1, 0.15) is 0 Å². The van der Waals surface area contributed by atoms with E-state index in [1.54, 1.807) is 12.1 Å². The first-order chi connectivity index (χ1) is 7.34. The number of hydrogen-bond donors (Lipinski definition) is 1. The Hall–Kier alpha value is -1.40. The Balaban J connectivity index is 3.13. The van der Waals surface area contributed by atoms with Gasteiger partial charge in [0, 0.05) is 26.7 Å². The minimum atomic E-state index is -3.45. The number of carbonyl (C=O) groups is 1. The Labute approximate surface area is 95.1 Å². The molecule has 1 aromatic carbocycles. The Morgan fingerprint density at radius 3 is 2.44 bits per heavy atom. The number of carbonyl (C=O) groups excluding carboxylic acids is 1. The smallest absolute Gasteiger partial charge is 0.242 e. The molecule has 0 fully saturated rings. The molecule has 0 unspecified atom stereocenters. The van der Waals surface area contributed by atoms with E-state index in [1.165, 1.54) is 33.2 Å². The first-order valence-corrected chi connectivity index (χ1v) is 6.08. The van der Waals surface area contributed by atoms with Crippen molar-refractivity contribution in [2.75, 3.05) is 19.4 Å². The Morgan fingerprint density at radius 1 is 1.31 bits per heavy atom. The third kappa shape index (κ3) is 2.80. The molecule has 0 bridgehead atoms. The van der Waals surface area contributed by atoms with Gasteiger partial charge in [-0.15, -0.1) is 0 Å². The van der Waals surface area contributed by atoms with Gasteiger partial charge in [-0.3, -0.25) is 4.79 Å². The van der Waals surface area contributed by atoms with Gasteiger partial charge >= 0.3 is 0 Å². The summed E-state index contributed by atoms with van der Waals surface area (Å²) in [4.78, 5) is 11.0. The van der Waals surface area contributed by atoms with Gasteiger partial charge in [-0.05, 0) is 18.2 Å². The SMILES string of the molecule is CC(=O)Nc1cccc(S(=O)(=O)N(C)C)c1. The predicted molar refractivity (Wildman–Crippen MR) is 61.6 cm³/mol. The highest BCUT2D eigenvalue weighted by Gasteiger charge is 2.17. The number of nitrogens with one attached hydrogen (secondary N) is 1. The molecule has 1 amide bonds. The van der Waals surface area contributed by atoms with E-state index in [9.17, 15) is 13.2 Å². The molecule has 16 heavy (non-hydrogen) atoms. The fraction of sp³-hybridized carbons (Fsp3) is 0.300. The van der Waals surface area contributed by atoms with Crippen LogP contribution in [0.15, 0.2) is 29.2 Å². The zero-order chi connectivity index (χ0) is 12.3. The van der Waals surface area contributed by atoms with Crippen molar-refractivity contribution < 1.29 is 13.2 Å². The normalized spacial score (nSPS) is 11.5. The molecule has 0 aromatic heterocycles. The highest BCUT2D eigenvalue weighted by Crippen LogP contribution is 2.17. The number of anilines is 1. The molecule has 5 nitrogen and oxygen atoms in total. The topological polar surface area (TPSA) is 66.5 Å². The number of hydrogen-bond acceptors (Lipinski definition) is 3. The van der Waals surface area contributed by atoms with Crippen LogP contribution in [0.4, 0.5) is 5.69 Å². The summed E-state index contributed by atoms with van der Waals surface area (Å²) in [5.74, 6) is -0.237. The van der Waals surface area contributed by atoms with Crippen molar-refractivity contribution >= 4 is 21.6 Å². The first-order valence-electron chi connectivity index (χ1n) is 4.64. The molecule has 1 rings (SSSR count). The third-order valence-electron chi connectivity index (χ3n) is 1.93. The van der Waals surface area contributed by atoms with Crippen LogP contribution in [0.1, 0.15) is 6.92 Å². The van der Waals surface area contributed by atoms with E-state index >= 15 is 0 Å². The molecule has 0 aliphatic carbocycles. The van der Waals surface area contributed by atoms with Crippen molar-refractivity contribution in [3.05, 3.63) is 24.3 Å². The standard InChI is InChI=1S/C10H14N2O3S/c1-8(13)11-9-5-4-6-10(7-9)16(14,15)12(2)3/h4-7H,1-3H3,(H,11,13). The minimum Gasteiger partial charge on any atom is -0.326 e. The predicted octanol–water partition coefficient (Wildman–Crippen LogP) is 0.895. The highest BCUT2D eigenvalue weighted by atomic mass is 32.2. The van der Waals surface area contributed by atoms with E-state index in [4.69, 9.17) is 0 Å². The van der Waals surface area contributed by atoms with Crippen LogP contribution in [0.3, 0.4) is 0 Å². The molecule has 0 spiro atoms. The molecule has 0 atom stereocenters. The maximum absolute atomic E-state index is 11.8. The molecule has 0 heterocycles. The Kier molecular flexibility index (Phi) is 3.66. The van der Waals surface area contributed by atoms with Gasteiger partial charge in [-0.2, -0.15) is 0 Å². The van der Waals surface area contributed by atoms with Crippen LogP contribution in [-0.2, 0) is 14.8 Å². The zero-order valence-electron chi connectivity index (χ0n) is 9.39. The highest BCUT2D eigenvalue weighted by molar-refractivity contribution is 7.89. The lowest BCUT2D eigenvalue weighted by atomic mass is 10.3. The summed E-state index contributed by atoms with van der Waals surface area (Å²) in [5.41, 5.74) is 0.468. The van der Waals surface area contributed by atoms with E-state index in [2.05, 4.69) is 5.32 Å². The van der Waals surface area contributed by atoms with E-state index in [0.29, 0.717) is 5.69 Å². The largest absolute Gasteiger partial charge is 0.326 e. The van der Waals surface area contributed by atoms with Crippen molar-refractivity contribution in [3.8, 4) is 0 Å². The Morgan fingerprint density at radius 2 is 1.94 bits per heavy atom. The lowest BCUT2D eigenvalue weighted by Gasteiger charge is -2.12. The van der Waals surface area contributed by atoms with Crippen LogP contribution in [0.2, 0.25) is 0 Å². The van der Waals surface area contributed by atoms with Crippen LogP contribution in [-0.4, -0.2) is 32.7 Å². The van der Waals surface area contributed by atoms with Gasteiger partial charge in [0.2, 0.25) is 15.9 Å². The number of rotatable bonds is 3. The lowest BCUT2D eigenvalue weighted by Crippen LogP contribution is -2.22. The third-order valence-corrected chi connectivity index (χ3v) is 3.74. The van der Waals surface area contributed by atoms with Gasteiger partial charge in [0.15, 0.2) is 0 Å². The first kappa shape index (κ1) is 12.7. The summed E-state index contributed by atoms with van der Waals surface area (Å²) in [7, 11) is -0.536. The number of sulfonamides is 1. The van der Waals surface area contributed by atoms with Crippen molar-refractivity contribution in [1.82, 2.24) is 4.31 Å². The molecule has 0 saturated carbocycles. The van der Waals surface area contributed by atoms with Gasteiger partial charge < -0.3 is 5.32 Å². The second kappa shape index (κ2) is 4.63. The average Bonchev–Trinajstić information content (AvgIpc) is 2.16. The maximum Gasteiger partial charge on any atom is 0.242 e. The van der Waals surface area contributed by atoms with Crippen molar-refractivity contribution in [2.24, 2.45) is 0 Å². The van der Waals surface area contributed by atoms with E-state index in [-0.39, 0.29) is 10.8 Å². The van der Waals surface area contributed by atoms with Crippen molar-refractivity contribution in [3.63, 3.8) is 0 Å². The van der Waals surface area contributed by atoms with E-state index in [1.807, 2.05) is 0 Å². The Bertz CT molecular complexity index is 495. The summed E-state index contributed by atoms with van der Waals surface area (Å²) < 4.78 is 24.7. The lowest BCUT2D eigenvalue weighted by molar-refractivity contribution is -0.114. The zero-order valence-corrected chi connectivity index (χ0v) is 10.2. The summed E-state index contributed by atoms with van der Waals surface area (Å²) in [6.45, 7) is 1.37. The van der Waals surface area contributed by atoms with Gasteiger partial charge in [0.05, 0.1) is 4.90 Å². The van der Waals surface area contributed by atoms with Crippen LogP contribution < -0.4 is 5.32 Å². The molecule has 0 radical (unpaired) electrons. The van der Waals surface area contributed by atoms with Crippen LogP contribution in [0.25, 0.3) is 0 Å². The molecule has 0 saturated heterocycles. The number of amides is 1. The maximum atomic E-state index is 11.8. The minimum absolute atomic E-state index is 0.156. The molecule has 1 aromatic rings. The molecule has 0 aliphatic heterocycles. The summed E-state index contributed by atoms with van der Waals surface area (Å²) in [6.07, 6.45) is 0. The van der Waals surface area contributed by atoms with Gasteiger partial charge in [-0.25, -0.2) is 12.7 Å². The molecule has 0 aliphatic rings. The molecular formula is C10H14N2O3S. The summed E-state index contributed by atoms with van der Waals surface area (Å²) >= 11 is 0. The van der Waals surface area contributed by atoms with E-state index < -0.39 is 10.0 Å². The molecule has 88 valence electrons. The quantitative estimate of drug-likeness (QED) is 0.856. The van der Waals surface area contributed by atoms with Crippen LogP contribution >= 0.6 is 0 Å². The second-order valence-electron chi connectivity index (χ2n) is 3.50. The number of nitrogens with zero attached hydrogens (tertiary/aromatic N) is 1. The monoisotopic (exact) mass is 242 g/mol. The molecular weight excluding hydrogens is 228 g/mol. The summed E-state index contributed by atoms with van der Waals surface area (Å²) in [5, 5.41) is 2.53. The number of benzene rings is 1. The van der Waals surface area contributed by atoms with Gasteiger partial charge in [-0.1, -0.05) is 6.07 Å². The summed E-state index contributed by atoms with van der Waals surface area (Å²) in [6, 6.07) is 6.13. The van der Waals surface area contributed by atoms with Crippen LogP contribution in [0, 0.1) is 0 Å². The fourth-order valence-electron chi connectivity index (χ4n) is 1.15. The van der Waals surface area contributed by atoms with Crippen molar-refractivity contribution in [2.45, 2.75) is 11.8 Å². The average molecular weight is 242 g/mol. The fourth-order valence-corrected chi connectivity index (χ4v) is 2.10. The second-order valence-corrected chi connectivity index (χ2v) is 5.65. The van der Waals surface area contributed by atoms with E-state index in [0.717, 1.165) is 4.31 Å². The molecule has 1 N–H and O–H groups in total. The van der Waals surface area contributed by atoms with Gasteiger partial charge in [0.25, 0.3) is 0 Å². The van der Waals surface area contributed by atoms with Crippen molar-refractivity contribution in [1.29, 1.82) is 0 Å².